The smallest absolute Gasteiger partial charge is 0.270 e. The minimum Gasteiger partial charge on any atom is -0.336 e. The third-order valence-corrected chi connectivity index (χ3v) is 5.23. The van der Waals surface area contributed by atoms with Crippen molar-refractivity contribution in [2.45, 2.75) is 20.4 Å². The standard InChI is InChI=1S/C22H24N4O2/c1-16-4-3-5-18(12-16)15-24-8-10-25(11-9-24)21(27)19-13-23-20-7-6-17(2)14-26(20)22(19)28/h3-7,12-14H,8-11,15H2,1-2H3. The molecule has 1 amide bonds. The molecule has 144 valence electrons. The maximum absolute atomic E-state index is 12.9. The molecule has 1 aliphatic rings. The van der Waals surface area contributed by atoms with Crippen molar-refractivity contribution >= 4 is 11.6 Å². The third-order valence-electron chi connectivity index (χ3n) is 5.23. The number of nitrogens with zero attached hydrogens (tertiary/aromatic N) is 4. The first-order valence-corrected chi connectivity index (χ1v) is 9.56. The van der Waals surface area contributed by atoms with Gasteiger partial charge in [-0.3, -0.25) is 18.9 Å². The first kappa shape index (κ1) is 18.4. The number of piperazine rings is 1. The predicted molar refractivity (Wildman–Crippen MR) is 109 cm³/mol. The van der Waals surface area contributed by atoms with Gasteiger partial charge in [-0.25, -0.2) is 4.98 Å². The third kappa shape index (κ3) is 3.68. The fourth-order valence-corrected chi connectivity index (χ4v) is 3.68. The Labute approximate surface area is 164 Å². The van der Waals surface area contributed by atoms with Crippen LogP contribution in [0.25, 0.3) is 5.65 Å². The zero-order valence-corrected chi connectivity index (χ0v) is 16.3. The van der Waals surface area contributed by atoms with Crippen LogP contribution in [0.5, 0.6) is 0 Å². The molecule has 0 saturated carbocycles. The van der Waals surface area contributed by atoms with Gasteiger partial charge in [-0.05, 0) is 31.0 Å². The number of benzene rings is 1. The first-order valence-electron chi connectivity index (χ1n) is 9.56. The molecule has 6 heteroatoms. The number of hydrogen-bond donors (Lipinski definition) is 0. The molecule has 6 nitrogen and oxygen atoms in total. The van der Waals surface area contributed by atoms with E-state index in [0.717, 1.165) is 25.2 Å². The zero-order valence-electron chi connectivity index (χ0n) is 16.3. The van der Waals surface area contributed by atoms with E-state index in [1.54, 1.807) is 17.2 Å². The van der Waals surface area contributed by atoms with Crippen LogP contribution in [-0.4, -0.2) is 51.3 Å². The van der Waals surface area contributed by atoms with Crippen molar-refractivity contribution in [3.8, 4) is 0 Å². The lowest BCUT2D eigenvalue weighted by Gasteiger charge is -2.34. The van der Waals surface area contributed by atoms with E-state index in [0.29, 0.717) is 18.7 Å². The highest BCUT2D eigenvalue weighted by Crippen LogP contribution is 2.12. The average molecular weight is 376 g/mol. The summed E-state index contributed by atoms with van der Waals surface area (Å²) in [7, 11) is 0. The summed E-state index contributed by atoms with van der Waals surface area (Å²) in [5.41, 5.74) is 3.87. The Morgan fingerprint density at radius 2 is 1.82 bits per heavy atom. The summed E-state index contributed by atoms with van der Waals surface area (Å²) in [6, 6.07) is 12.2. The van der Waals surface area contributed by atoms with Crippen LogP contribution in [0.2, 0.25) is 0 Å². The van der Waals surface area contributed by atoms with E-state index in [1.165, 1.54) is 21.7 Å². The van der Waals surface area contributed by atoms with Crippen molar-refractivity contribution in [1.29, 1.82) is 0 Å². The van der Waals surface area contributed by atoms with Crippen LogP contribution in [0, 0.1) is 13.8 Å². The Hall–Kier alpha value is -2.99. The molecule has 0 atom stereocenters. The van der Waals surface area contributed by atoms with Gasteiger partial charge in [0.2, 0.25) is 0 Å². The quantitative estimate of drug-likeness (QED) is 0.704. The van der Waals surface area contributed by atoms with Crippen LogP contribution in [0.3, 0.4) is 0 Å². The highest BCUT2D eigenvalue weighted by atomic mass is 16.2. The van der Waals surface area contributed by atoms with E-state index < -0.39 is 0 Å². The molecule has 2 aromatic heterocycles. The molecule has 0 aliphatic carbocycles. The van der Waals surface area contributed by atoms with Gasteiger partial charge in [-0.1, -0.05) is 35.9 Å². The van der Waals surface area contributed by atoms with Gasteiger partial charge in [-0.2, -0.15) is 0 Å². The van der Waals surface area contributed by atoms with Crippen LogP contribution >= 0.6 is 0 Å². The predicted octanol–water partition coefficient (Wildman–Crippen LogP) is 2.27. The lowest BCUT2D eigenvalue weighted by atomic mass is 10.1. The van der Waals surface area contributed by atoms with E-state index >= 15 is 0 Å². The second-order valence-electron chi connectivity index (χ2n) is 7.47. The summed E-state index contributed by atoms with van der Waals surface area (Å²) >= 11 is 0. The van der Waals surface area contributed by atoms with Gasteiger partial charge in [0.15, 0.2) is 0 Å². The summed E-state index contributed by atoms with van der Waals surface area (Å²) < 4.78 is 1.45. The van der Waals surface area contributed by atoms with Crippen molar-refractivity contribution < 1.29 is 4.79 Å². The fourth-order valence-electron chi connectivity index (χ4n) is 3.68. The van der Waals surface area contributed by atoms with E-state index in [1.807, 2.05) is 13.0 Å². The van der Waals surface area contributed by atoms with Crippen molar-refractivity contribution in [1.82, 2.24) is 19.2 Å². The number of aromatic nitrogens is 2. The highest BCUT2D eigenvalue weighted by Gasteiger charge is 2.24. The largest absolute Gasteiger partial charge is 0.336 e. The van der Waals surface area contributed by atoms with Crippen molar-refractivity contribution in [3.63, 3.8) is 0 Å². The molecule has 0 spiro atoms. The van der Waals surface area contributed by atoms with Crippen LogP contribution in [0.4, 0.5) is 0 Å². The Balaban J connectivity index is 1.46. The molecule has 0 unspecified atom stereocenters. The van der Waals surface area contributed by atoms with Crippen molar-refractivity contribution in [2.75, 3.05) is 26.2 Å². The molecule has 1 aromatic carbocycles. The highest BCUT2D eigenvalue weighted by molar-refractivity contribution is 5.93. The van der Waals surface area contributed by atoms with Gasteiger partial charge >= 0.3 is 0 Å². The van der Waals surface area contributed by atoms with Gasteiger partial charge < -0.3 is 4.90 Å². The first-order chi connectivity index (χ1) is 13.5. The van der Waals surface area contributed by atoms with Crippen molar-refractivity contribution in [3.05, 3.63) is 81.4 Å². The molecule has 0 radical (unpaired) electrons. The number of aryl methyl sites for hydroxylation is 2. The number of carbonyl (C=O) groups excluding carboxylic acids is 1. The maximum atomic E-state index is 12.9. The molecule has 0 N–H and O–H groups in total. The lowest BCUT2D eigenvalue weighted by Crippen LogP contribution is -2.49. The van der Waals surface area contributed by atoms with Crippen LogP contribution in [0.1, 0.15) is 27.0 Å². The summed E-state index contributed by atoms with van der Waals surface area (Å²) in [4.78, 5) is 34.1. The number of amides is 1. The van der Waals surface area contributed by atoms with Crippen LogP contribution in [0.15, 0.2) is 53.6 Å². The average Bonchev–Trinajstić information content (AvgIpc) is 2.69. The van der Waals surface area contributed by atoms with Crippen molar-refractivity contribution in [2.24, 2.45) is 0 Å². The minimum atomic E-state index is -0.305. The summed E-state index contributed by atoms with van der Waals surface area (Å²) in [6.45, 7) is 7.69. The number of fused-ring (bicyclic) bond motifs is 1. The zero-order chi connectivity index (χ0) is 19.7. The fraction of sp³-hybridized carbons (Fsp3) is 0.318. The van der Waals surface area contributed by atoms with Crippen LogP contribution in [-0.2, 0) is 6.54 Å². The monoisotopic (exact) mass is 376 g/mol. The van der Waals surface area contributed by atoms with E-state index in [9.17, 15) is 9.59 Å². The van der Waals surface area contributed by atoms with Gasteiger partial charge in [0.05, 0.1) is 0 Å². The summed E-state index contributed by atoms with van der Waals surface area (Å²) in [5, 5.41) is 0. The van der Waals surface area contributed by atoms with Gasteiger partial charge in [0, 0.05) is 45.1 Å². The molecule has 28 heavy (non-hydrogen) atoms. The maximum Gasteiger partial charge on any atom is 0.270 e. The van der Waals surface area contributed by atoms with Gasteiger partial charge in [0.1, 0.15) is 11.2 Å². The normalized spacial score (nSPS) is 15.1. The summed E-state index contributed by atoms with van der Waals surface area (Å²) in [5.74, 6) is -0.233. The lowest BCUT2D eigenvalue weighted by molar-refractivity contribution is 0.0626. The second kappa shape index (κ2) is 7.56. The molecular weight excluding hydrogens is 352 g/mol. The Morgan fingerprint density at radius 3 is 2.57 bits per heavy atom. The molecule has 1 aliphatic heterocycles. The molecule has 3 aromatic rings. The Kier molecular flexibility index (Phi) is 4.96. The number of rotatable bonds is 3. The number of carbonyl (C=O) groups is 1. The van der Waals surface area contributed by atoms with Gasteiger partial charge in [0.25, 0.3) is 11.5 Å². The van der Waals surface area contributed by atoms with Gasteiger partial charge in [-0.15, -0.1) is 0 Å². The summed E-state index contributed by atoms with van der Waals surface area (Å²) in [6.07, 6.45) is 3.13. The molecular formula is C22H24N4O2. The second-order valence-corrected chi connectivity index (χ2v) is 7.47. The minimum absolute atomic E-state index is 0.134. The Bertz CT molecular complexity index is 1080. The Morgan fingerprint density at radius 1 is 1.04 bits per heavy atom. The molecule has 1 fully saturated rings. The molecule has 1 saturated heterocycles. The number of pyridine rings is 1. The molecule has 4 rings (SSSR count). The van der Waals surface area contributed by atoms with Crippen LogP contribution < -0.4 is 5.56 Å². The topological polar surface area (TPSA) is 57.9 Å². The SMILES string of the molecule is Cc1cccc(CN2CCN(C(=O)c3cnc4ccc(C)cn4c3=O)CC2)c1. The van der Waals surface area contributed by atoms with E-state index in [-0.39, 0.29) is 17.0 Å². The van der Waals surface area contributed by atoms with E-state index in [4.69, 9.17) is 0 Å². The molecule has 3 heterocycles. The molecule has 0 bridgehead atoms. The number of hydrogen-bond acceptors (Lipinski definition) is 4. The van der Waals surface area contributed by atoms with E-state index in [2.05, 4.69) is 41.1 Å².